The molecule has 2 aromatic rings. The Morgan fingerprint density at radius 3 is 2.89 bits per heavy atom. The molecular weight excluding hydrogens is 233 g/mol. The number of benzene rings is 1. The smallest absolute Gasteiger partial charge is 0.152 e. The van der Waals surface area contributed by atoms with Crippen molar-refractivity contribution in [1.29, 1.82) is 0 Å². The number of anilines is 2. The number of nitrogen functional groups attached to an aromatic ring is 1. The number of hydrogen-bond acceptors (Lipinski definition) is 4. The highest BCUT2D eigenvalue weighted by molar-refractivity contribution is 5.67. The van der Waals surface area contributed by atoms with Gasteiger partial charge in [0.1, 0.15) is 12.1 Å². The van der Waals surface area contributed by atoms with Crippen LogP contribution in [0.25, 0.3) is 0 Å². The molecule has 0 aliphatic heterocycles. The van der Waals surface area contributed by atoms with E-state index in [0.717, 1.165) is 11.5 Å². The molecule has 1 heterocycles. The molecule has 0 aliphatic carbocycles. The van der Waals surface area contributed by atoms with Crippen LogP contribution in [0.2, 0.25) is 0 Å². The van der Waals surface area contributed by atoms with Gasteiger partial charge < -0.3 is 11.1 Å². The molecule has 1 aromatic carbocycles. The van der Waals surface area contributed by atoms with Crippen LogP contribution in [0.4, 0.5) is 15.8 Å². The molecular formula is C12H16FN5. The lowest BCUT2D eigenvalue weighted by Crippen LogP contribution is -2.08. The Labute approximate surface area is 105 Å². The molecule has 0 unspecified atom stereocenters. The van der Waals surface area contributed by atoms with E-state index in [1.807, 2.05) is 7.05 Å². The highest BCUT2D eigenvalue weighted by Crippen LogP contribution is 2.22. The van der Waals surface area contributed by atoms with Gasteiger partial charge in [0.2, 0.25) is 0 Å². The van der Waals surface area contributed by atoms with Gasteiger partial charge >= 0.3 is 0 Å². The molecule has 1 aromatic heterocycles. The van der Waals surface area contributed by atoms with E-state index in [1.165, 1.54) is 6.07 Å². The summed E-state index contributed by atoms with van der Waals surface area (Å²) >= 11 is 0. The Balaban J connectivity index is 1.96. The summed E-state index contributed by atoms with van der Waals surface area (Å²) in [6.45, 7) is 2.36. The Morgan fingerprint density at radius 2 is 2.22 bits per heavy atom. The van der Waals surface area contributed by atoms with Crippen molar-refractivity contribution in [1.82, 2.24) is 14.8 Å². The molecule has 96 valence electrons. The third kappa shape index (κ3) is 2.77. The summed E-state index contributed by atoms with van der Waals surface area (Å²) in [6.07, 6.45) is 2.35. The van der Waals surface area contributed by atoms with Gasteiger partial charge in [-0.25, -0.2) is 9.37 Å². The van der Waals surface area contributed by atoms with E-state index in [4.69, 9.17) is 5.73 Å². The molecule has 0 radical (unpaired) electrons. The summed E-state index contributed by atoms with van der Waals surface area (Å²) in [7, 11) is 1.82. The first kappa shape index (κ1) is 12.3. The molecule has 5 nitrogen and oxygen atoms in total. The molecule has 0 fully saturated rings. The second-order valence-corrected chi connectivity index (χ2v) is 4.20. The lowest BCUT2D eigenvalue weighted by molar-refractivity contribution is 0.619. The van der Waals surface area contributed by atoms with Crippen molar-refractivity contribution in [2.45, 2.75) is 13.3 Å². The first-order chi connectivity index (χ1) is 8.56. The number of halogens is 1. The van der Waals surface area contributed by atoms with Gasteiger partial charge in [0, 0.05) is 20.0 Å². The van der Waals surface area contributed by atoms with Crippen LogP contribution in [0, 0.1) is 12.7 Å². The lowest BCUT2D eigenvalue weighted by Gasteiger charge is -2.10. The zero-order chi connectivity index (χ0) is 13.1. The summed E-state index contributed by atoms with van der Waals surface area (Å²) < 4.78 is 14.9. The maximum Gasteiger partial charge on any atom is 0.152 e. The summed E-state index contributed by atoms with van der Waals surface area (Å²) in [6, 6.07) is 3.03. The average Bonchev–Trinajstić information content (AvgIpc) is 2.71. The number of nitrogens with zero attached hydrogens (tertiary/aromatic N) is 3. The van der Waals surface area contributed by atoms with Gasteiger partial charge in [-0.2, -0.15) is 5.10 Å². The summed E-state index contributed by atoms with van der Waals surface area (Å²) in [5.74, 6) is 0.479. The van der Waals surface area contributed by atoms with Crippen LogP contribution < -0.4 is 11.1 Å². The van der Waals surface area contributed by atoms with Crippen molar-refractivity contribution in [3.63, 3.8) is 0 Å². The number of aryl methyl sites for hydroxylation is 2. The Bertz CT molecular complexity index is 549. The third-order valence-corrected chi connectivity index (χ3v) is 2.64. The Morgan fingerprint density at radius 1 is 1.44 bits per heavy atom. The van der Waals surface area contributed by atoms with Crippen LogP contribution >= 0.6 is 0 Å². The maximum atomic E-state index is 13.2. The van der Waals surface area contributed by atoms with E-state index >= 15 is 0 Å². The van der Waals surface area contributed by atoms with Gasteiger partial charge in [-0.05, 0) is 24.6 Å². The SMILES string of the molecule is Cc1cc(NCCc2ncn(C)n2)c(N)cc1F. The Hall–Kier alpha value is -2.11. The fourth-order valence-corrected chi connectivity index (χ4v) is 1.66. The number of nitrogens with one attached hydrogen (secondary N) is 1. The van der Waals surface area contributed by atoms with E-state index in [9.17, 15) is 4.39 Å². The molecule has 0 saturated carbocycles. The molecule has 18 heavy (non-hydrogen) atoms. The zero-order valence-electron chi connectivity index (χ0n) is 10.4. The van der Waals surface area contributed by atoms with Crippen molar-refractivity contribution in [2.75, 3.05) is 17.6 Å². The first-order valence-corrected chi connectivity index (χ1v) is 5.70. The van der Waals surface area contributed by atoms with Crippen LogP contribution in [-0.4, -0.2) is 21.3 Å². The van der Waals surface area contributed by atoms with Crippen molar-refractivity contribution < 1.29 is 4.39 Å². The second-order valence-electron chi connectivity index (χ2n) is 4.20. The second kappa shape index (κ2) is 5.03. The highest BCUT2D eigenvalue weighted by Gasteiger charge is 2.05. The largest absolute Gasteiger partial charge is 0.397 e. The van der Waals surface area contributed by atoms with E-state index < -0.39 is 0 Å². The van der Waals surface area contributed by atoms with Crippen LogP contribution in [0.15, 0.2) is 18.5 Å². The predicted molar refractivity (Wildman–Crippen MR) is 68.7 cm³/mol. The summed E-state index contributed by atoms with van der Waals surface area (Å²) in [5, 5.41) is 7.33. The van der Waals surface area contributed by atoms with Gasteiger partial charge in [-0.15, -0.1) is 0 Å². The Kier molecular flexibility index (Phi) is 3.45. The molecule has 0 saturated heterocycles. The third-order valence-electron chi connectivity index (χ3n) is 2.64. The fourth-order valence-electron chi connectivity index (χ4n) is 1.66. The van der Waals surface area contributed by atoms with Crippen molar-refractivity contribution in [3.05, 3.63) is 35.7 Å². The minimum Gasteiger partial charge on any atom is -0.397 e. The predicted octanol–water partition coefficient (Wildman–Crippen LogP) is 1.50. The first-order valence-electron chi connectivity index (χ1n) is 5.70. The fraction of sp³-hybridized carbons (Fsp3) is 0.333. The number of aromatic nitrogens is 3. The van der Waals surface area contributed by atoms with Crippen molar-refractivity contribution in [3.8, 4) is 0 Å². The van der Waals surface area contributed by atoms with Crippen molar-refractivity contribution >= 4 is 11.4 Å². The summed E-state index contributed by atoms with van der Waals surface area (Å²) in [4.78, 5) is 4.12. The standard InChI is InChI=1S/C12H16FN5/c1-8-5-11(10(14)6-9(8)13)15-4-3-12-16-7-18(2)17-12/h5-7,15H,3-4,14H2,1-2H3. The van der Waals surface area contributed by atoms with Gasteiger partial charge in [0.05, 0.1) is 11.4 Å². The van der Waals surface area contributed by atoms with Gasteiger partial charge in [-0.1, -0.05) is 0 Å². The normalized spacial score (nSPS) is 10.6. The van der Waals surface area contributed by atoms with Gasteiger partial charge in [0.25, 0.3) is 0 Å². The minimum atomic E-state index is -0.288. The van der Waals surface area contributed by atoms with Crippen LogP contribution in [0.5, 0.6) is 0 Å². The van der Waals surface area contributed by atoms with Crippen molar-refractivity contribution in [2.24, 2.45) is 7.05 Å². The van der Waals surface area contributed by atoms with Gasteiger partial charge in [-0.3, -0.25) is 4.68 Å². The number of hydrogen-bond donors (Lipinski definition) is 2. The molecule has 0 aliphatic rings. The molecule has 3 N–H and O–H groups in total. The number of nitrogens with two attached hydrogens (primary N) is 1. The highest BCUT2D eigenvalue weighted by atomic mass is 19.1. The average molecular weight is 249 g/mol. The van der Waals surface area contributed by atoms with Crippen LogP contribution in [0.3, 0.4) is 0 Å². The topological polar surface area (TPSA) is 68.8 Å². The lowest BCUT2D eigenvalue weighted by atomic mass is 10.2. The quantitative estimate of drug-likeness (QED) is 0.806. The zero-order valence-corrected chi connectivity index (χ0v) is 10.4. The van der Waals surface area contributed by atoms with E-state index in [-0.39, 0.29) is 5.82 Å². The summed E-state index contributed by atoms with van der Waals surface area (Å²) in [5.41, 5.74) is 7.46. The maximum absolute atomic E-state index is 13.2. The molecule has 2 rings (SSSR count). The van der Waals surface area contributed by atoms with Crippen LogP contribution in [-0.2, 0) is 13.5 Å². The molecule has 0 bridgehead atoms. The van der Waals surface area contributed by atoms with Gasteiger partial charge in [0.15, 0.2) is 5.82 Å². The molecule has 6 heteroatoms. The van der Waals surface area contributed by atoms with Crippen LogP contribution in [0.1, 0.15) is 11.4 Å². The van der Waals surface area contributed by atoms with E-state index in [0.29, 0.717) is 24.2 Å². The molecule has 0 atom stereocenters. The monoisotopic (exact) mass is 249 g/mol. The molecule has 0 spiro atoms. The number of rotatable bonds is 4. The van der Waals surface area contributed by atoms with E-state index in [2.05, 4.69) is 15.4 Å². The molecule has 0 amide bonds. The minimum absolute atomic E-state index is 0.288. The van der Waals surface area contributed by atoms with E-state index in [1.54, 1.807) is 24.0 Å².